The van der Waals surface area contributed by atoms with Crippen LogP contribution in [-0.2, 0) is 5.88 Å². The number of pyridine rings is 1. The highest BCUT2D eigenvalue weighted by Gasteiger charge is 1.98. The van der Waals surface area contributed by atoms with E-state index in [0.717, 1.165) is 9.26 Å². The zero-order chi connectivity index (χ0) is 8.27. The predicted molar refractivity (Wildman–Crippen MR) is 51.2 cm³/mol. The van der Waals surface area contributed by atoms with E-state index in [9.17, 15) is 0 Å². The molecule has 0 amide bonds. The van der Waals surface area contributed by atoms with Crippen molar-refractivity contribution in [3.05, 3.63) is 27.1 Å². The number of halogens is 2. The molecule has 0 radical (unpaired) electrons. The summed E-state index contributed by atoms with van der Waals surface area (Å²) >= 11 is 7.68. The van der Waals surface area contributed by atoms with Gasteiger partial charge in [-0.25, -0.2) is 4.98 Å². The highest BCUT2D eigenvalue weighted by atomic mass is 127. The van der Waals surface area contributed by atoms with Crippen molar-refractivity contribution in [1.82, 2.24) is 4.98 Å². The van der Waals surface area contributed by atoms with E-state index in [2.05, 4.69) is 27.6 Å². The molecule has 0 unspecified atom stereocenters. The summed E-state index contributed by atoms with van der Waals surface area (Å²) in [5, 5.41) is 8.52. The molecule has 0 bridgehead atoms. The Balaban J connectivity index is 3.15. The summed E-state index contributed by atoms with van der Waals surface area (Å²) in [5.41, 5.74) is 1.17. The predicted octanol–water partition coefficient (Wildman–Crippen LogP) is 2.30. The molecule has 0 atom stereocenters. The molecule has 0 N–H and O–H groups in total. The van der Waals surface area contributed by atoms with Gasteiger partial charge in [0.1, 0.15) is 11.8 Å². The molecule has 0 saturated carbocycles. The summed E-state index contributed by atoms with van der Waals surface area (Å²) < 4.78 is 0.991. The van der Waals surface area contributed by atoms with Crippen LogP contribution in [0, 0.1) is 14.9 Å². The van der Waals surface area contributed by atoms with Crippen molar-refractivity contribution in [2.75, 3.05) is 0 Å². The van der Waals surface area contributed by atoms with Crippen LogP contribution in [-0.4, -0.2) is 4.98 Å². The second kappa shape index (κ2) is 3.88. The topological polar surface area (TPSA) is 36.7 Å². The molecule has 0 fully saturated rings. The fourth-order valence-corrected chi connectivity index (χ4v) is 1.47. The number of nitrogens with zero attached hydrogens (tertiary/aromatic N) is 2. The summed E-state index contributed by atoms with van der Waals surface area (Å²) in [6, 6.07) is 5.54. The number of hydrogen-bond acceptors (Lipinski definition) is 2. The average molecular weight is 278 g/mol. The third-order valence-corrected chi connectivity index (χ3v) is 1.99. The van der Waals surface area contributed by atoms with Crippen molar-refractivity contribution < 1.29 is 0 Å². The Morgan fingerprint density at radius 2 is 2.36 bits per heavy atom. The van der Waals surface area contributed by atoms with Crippen molar-refractivity contribution in [1.29, 1.82) is 5.26 Å². The zero-order valence-electron chi connectivity index (χ0n) is 5.51. The van der Waals surface area contributed by atoms with Gasteiger partial charge >= 0.3 is 0 Å². The monoisotopic (exact) mass is 278 g/mol. The summed E-state index contributed by atoms with van der Waals surface area (Å²) in [6.45, 7) is 0. The van der Waals surface area contributed by atoms with E-state index in [1.54, 1.807) is 6.07 Å². The van der Waals surface area contributed by atoms with Gasteiger partial charge in [-0.05, 0) is 34.7 Å². The SMILES string of the molecule is N#Cc1cc(I)cc(CCl)n1. The number of aromatic nitrogens is 1. The van der Waals surface area contributed by atoms with Crippen LogP contribution in [0.3, 0.4) is 0 Å². The fraction of sp³-hybridized carbons (Fsp3) is 0.143. The van der Waals surface area contributed by atoms with Crippen LogP contribution < -0.4 is 0 Å². The van der Waals surface area contributed by atoms with E-state index >= 15 is 0 Å². The van der Waals surface area contributed by atoms with E-state index in [4.69, 9.17) is 16.9 Å². The maximum absolute atomic E-state index is 8.52. The van der Waals surface area contributed by atoms with Crippen molar-refractivity contribution >= 4 is 34.2 Å². The van der Waals surface area contributed by atoms with E-state index < -0.39 is 0 Å². The minimum absolute atomic E-state index is 0.353. The zero-order valence-corrected chi connectivity index (χ0v) is 8.43. The molecule has 0 spiro atoms. The lowest BCUT2D eigenvalue weighted by molar-refractivity contribution is 1.13. The Labute approximate surface area is 83.3 Å². The largest absolute Gasteiger partial charge is 0.241 e. The van der Waals surface area contributed by atoms with Gasteiger partial charge < -0.3 is 0 Å². The smallest absolute Gasteiger partial charge is 0.141 e. The van der Waals surface area contributed by atoms with Crippen molar-refractivity contribution in [3.63, 3.8) is 0 Å². The van der Waals surface area contributed by atoms with Crippen molar-refractivity contribution in [2.45, 2.75) is 5.88 Å². The summed E-state index contributed by atoms with van der Waals surface area (Å²) in [5.74, 6) is 0.353. The van der Waals surface area contributed by atoms with Gasteiger partial charge in [-0.15, -0.1) is 11.6 Å². The van der Waals surface area contributed by atoms with Gasteiger partial charge in [0.05, 0.1) is 11.6 Å². The fourth-order valence-electron chi connectivity index (χ4n) is 0.676. The number of alkyl halides is 1. The summed E-state index contributed by atoms with van der Waals surface area (Å²) in [4.78, 5) is 3.97. The first kappa shape index (κ1) is 8.75. The van der Waals surface area contributed by atoms with Gasteiger partial charge in [0.15, 0.2) is 0 Å². The van der Waals surface area contributed by atoms with Crippen molar-refractivity contribution in [2.24, 2.45) is 0 Å². The number of rotatable bonds is 1. The molecule has 1 aromatic rings. The van der Waals surface area contributed by atoms with Gasteiger partial charge in [0.2, 0.25) is 0 Å². The second-order valence-electron chi connectivity index (χ2n) is 1.91. The van der Waals surface area contributed by atoms with Crippen LogP contribution in [0.4, 0.5) is 0 Å². The summed E-state index contributed by atoms with van der Waals surface area (Å²) in [6.07, 6.45) is 0. The van der Waals surface area contributed by atoms with Gasteiger partial charge in [0, 0.05) is 3.57 Å². The Hall–Kier alpha value is -0.340. The minimum atomic E-state index is 0.353. The Morgan fingerprint density at radius 1 is 1.64 bits per heavy atom. The Bertz CT molecular complexity index is 306. The van der Waals surface area contributed by atoms with Crippen LogP contribution in [0.25, 0.3) is 0 Å². The number of nitriles is 1. The lowest BCUT2D eigenvalue weighted by atomic mass is 10.3. The molecule has 0 aliphatic heterocycles. The van der Waals surface area contributed by atoms with Crippen LogP contribution in [0.1, 0.15) is 11.4 Å². The Kier molecular flexibility index (Phi) is 3.09. The molecule has 1 rings (SSSR count). The molecule has 11 heavy (non-hydrogen) atoms. The molecule has 1 heterocycles. The van der Waals surface area contributed by atoms with Gasteiger partial charge in [0.25, 0.3) is 0 Å². The van der Waals surface area contributed by atoms with E-state index in [1.807, 2.05) is 12.1 Å². The third-order valence-electron chi connectivity index (χ3n) is 1.09. The lowest BCUT2D eigenvalue weighted by Crippen LogP contribution is -1.90. The van der Waals surface area contributed by atoms with Crippen LogP contribution >= 0.6 is 34.2 Å². The van der Waals surface area contributed by atoms with E-state index in [1.165, 1.54) is 0 Å². The molecule has 0 aliphatic carbocycles. The standard InChI is InChI=1S/C7H4ClIN2/c8-3-6-1-5(9)2-7(4-10)11-6/h1-2H,3H2. The molecular formula is C7H4ClIN2. The second-order valence-corrected chi connectivity index (χ2v) is 3.42. The highest BCUT2D eigenvalue weighted by molar-refractivity contribution is 14.1. The first-order valence-corrected chi connectivity index (χ1v) is 4.50. The molecule has 0 aromatic carbocycles. The van der Waals surface area contributed by atoms with E-state index in [-0.39, 0.29) is 0 Å². The van der Waals surface area contributed by atoms with Crippen LogP contribution in [0.15, 0.2) is 12.1 Å². The highest BCUT2D eigenvalue weighted by Crippen LogP contribution is 2.09. The molecule has 1 aromatic heterocycles. The van der Waals surface area contributed by atoms with Gasteiger partial charge in [-0.1, -0.05) is 0 Å². The quantitative estimate of drug-likeness (QED) is 0.584. The first-order valence-electron chi connectivity index (χ1n) is 2.89. The average Bonchev–Trinajstić information content (AvgIpc) is 2.03. The summed E-state index contributed by atoms with van der Waals surface area (Å²) in [7, 11) is 0. The first-order chi connectivity index (χ1) is 5.26. The van der Waals surface area contributed by atoms with Crippen molar-refractivity contribution in [3.8, 4) is 6.07 Å². The molecule has 0 aliphatic rings. The molecule has 4 heteroatoms. The third kappa shape index (κ3) is 2.31. The van der Waals surface area contributed by atoms with E-state index in [0.29, 0.717) is 11.6 Å². The molecule has 56 valence electrons. The van der Waals surface area contributed by atoms with Gasteiger partial charge in [-0.2, -0.15) is 5.26 Å². The number of hydrogen-bond donors (Lipinski definition) is 0. The lowest BCUT2D eigenvalue weighted by Gasteiger charge is -1.95. The maximum atomic E-state index is 8.52. The normalized spacial score (nSPS) is 9.18. The van der Waals surface area contributed by atoms with Crippen LogP contribution in [0.5, 0.6) is 0 Å². The van der Waals surface area contributed by atoms with Gasteiger partial charge in [-0.3, -0.25) is 0 Å². The maximum Gasteiger partial charge on any atom is 0.141 e. The molecule has 2 nitrogen and oxygen atoms in total. The Morgan fingerprint density at radius 3 is 2.91 bits per heavy atom. The minimum Gasteiger partial charge on any atom is -0.241 e. The molecule has 0 saturated heterocycles. The van der Waals surface area contributed by atoms with Crippen LogP contribution in [0.2, 0.25) is 0 Å². The molecular weight excluding hydrogens is 274 g/mol.